The molecule has 0 saturated heterocycles. The van der Waals surface area contributed by atoms with E-state index < -0.39 is 0 Å². The zero-order valence-corrected chi connectivity index (χ0v) is 7.31. The molecule has 2 nitrogen and oxygen atoms in total. The molecule has 0 fully saturated rings. The molecule has 1 N–H and O–H groups in total. The average molecular weight is 189 g/mol. The molecule has 0 aliphatic heterocycles. The van der Waals surface area contributed by atoms with Gasteiger partial charge in [-0.3, -0.25) is 4.98 Å². The maximum Gasteiger partial charge on any atom is 0.141 e. The fraction of sp³-hybridized carbons (Fsp3) is 0. The third kappa shape index (κ3) is 1.44. The van der Waals surface area contributed by atoms with Gasteiger partial charge in [-0.05, 0) is 24.3 Å². The standard InChI is InChI=1S/C11H8FNO/c12-9-5-2-1-4-8(9)11-10(14)6-3-7-13-11/h1-7,14H. The van der Waals surface area contributed by atoms with Crippen molar-refractivity contribution in [3.63, 3.8) is 0 Å². The third-order valence-corrected chi connectivity index (χ3v) is 1.92. The zero-order chi connectivity index (χ0) is 9.97. The fourth-order valence-corrected chi connectivity index (χ4v) is 1.26. The minimum Gasteiger partial charge on any atom is -0.506 e. The van der Waals surface area contributed by atoms with Gasteiger partial charge in [0.1, 0.15) is 17.3 Å². The highest BCUT2D eigenvalue weighted by Gasteiger charge is 2.08. The summed E-state index contributed by atoms with van der Waals surface area (Å²) < 4.78 is 13.3. The molecule has 0 atom stereocenters. The van der Waals surface area contributed by atoms with Gasteiger partial charge in [0, 0.05) is 11.8 Å². The van der Waals surface area contributed by atoms with Crippen molar-refractivity contribution in [3.8, 4) is 17.0 Å². The molecular formula is C11H8FNO. The molecule has 0 bridgehead atoms. The van der Waals surface area contributed by atoms with E-state index in [2.05, 4.69) is 4.98 Å². The van der Waals surface area contributed by atoms with Gasteiger partial charge in [-0.25, -0.2) is 4.39 Å². The summed E-state index contributed by atoms with van der Waals surface area (Å²) in [7, 11) is 0. The van der Waals surface area contributed by atoms with Crippen LogP contribution in [0.1, 0.15) is 0 Å². The first-order valence-corrected chi connectivity index (χ1v) is 4.18. The minimum absolute atomic E-state index is 0.0161. The van der Waals surface area contributed by atoms with Crippen LogP contribution >= 0.6 is 0 Å². The maximum atomic E-state index is 13.3. The molecule has 0 unspecified atom stereocenters. The van der Waals surface area contributed by atoms with Gasteiger partial charge in [0.05, 0.1) is 0 Å². The van der Waals surface area contributed by atoms with E-state index in [4.69, 9.17) is 0 Å². The number of benzene rings is 1. The molecule has 0 radical (unpaired) electrons. The van der Waals surface area contributed by atoms with Crippen molar-refractivity contribution in [3.05, 3.63) is 48.4 Å². The molecule has 14 heavy (non-hydrogen) atoms. The van der Waals surface area contributed by atoms with E-state index in [0.29, 0.717) is 5.56 Å². The Morgan fingerprint density at radius 1 is 1.07 bits per heavy atom. The van der Waals surface area contributed by atoms with Crippen molar-refractivity contribution in [1.82, 2.24) is 4.98 Å². The summed E-state index contributed by atoms with van der Waals surface area (Å²) in [6.07, 6.45) is 1.52. The first-order chi connectivity index (χ1) is 6.79. The van der Waals surface area contributed by atoms with Crippen LogP contribution in [-0.2, 0) is 0 Å². The molecular weight excluding hydrogens is 181 g/mol. The van der Waals surface area contributed by atoms with E-state index in [0.717, 1.165) is 0 Å². The van der Waals surface area contributed by atoms with Crippen LogP contribution in [0.2, 0.25) is 0 Å². The van der Waals surface area contributed by atoms with Crippen LogP contribution in [-0.4, -0.2) is 10.1 Å². The average Bonchev–Trinajstić information content (AvgIpc) is 2.20. The number of aromatic hydroxyl groups is 1. The minimum atomic E-state index is -0.387. The lowest BCUT2D eigenvalue weighted by Gasteiger charge is -2.03. The fourth-order valence-electron chi connectivity index (χ4n) is 1.26. The van der Waals surface area contributed by atoms with E-state index in [1.54, 1.807) is 24.3 Å². The van der Waals surface area contributed by atoms with E-state index in [-0.39, 0.29) is 17.3 Å². The highest BCUT2D eigenvalue weighted by Crippen LogP contribution is 2.27. The summed E-state index contributed by atoms with van der Waals surface area (Å²) >= 11 is 0. The topological polar surface area (TPSA) is 33.1 Å². The molecule has 0 aliphatic carbocycles. The highest BCUT2D eigenvalue weighted by atomic mass is 19.1. The molecule has 0 spiro atoms. The Hall–Kier alpha value is -1.90. The van der Waals surface area contributed by atoms with Gasteiger partial charge in [0.15, 0.2) is 0 Å². The predicted octanol–water partition coefficient (Wildman–Crippen LogP) is 2.59. The first kappa shape index (κ1) is 8.69. The molecule has 3 heteroatoms. The number of rotatable bonds is 1. The Morgan fingerprint density at radius 2 is 1.86 bits per heavy atom. The largest absolute Gasteiger partial charge is 0.506 e. The number of hydrogen-bond donors (Lipinski definition) is 1. The van der Waals surface area contributed by atoms with Gasteiger partial charge in [-0.2, -0.15) is 0 Å². The van der Waals surface area contributed by atoms with Gasteiger partial charge >= 0.3 is 0 Å². The molecule has 0 aliphatic rings. The molecule has 0 amide bonds. The van der Waals surface area contributed by atoms with Crippen molar-refractivity contribution in [2.24, 2.45) is 0 Å². The quantitative estimate of drug-likeness (QED) is 0.747. The van der Waals surface area contributed by atoms with Crippen molar-refractivity contribution in [1.29, 1.82) is 0 Å². The number of hydrogen-bond acceptors (Lipinski definition) is 2. The summed E-state index contributed by atoms with van der Waals surface area (Å²) in [5.74, 6) is -0.404. The van der Waals surface area contributed by atoms with Gasteiger partial charge in [-0.1, -0.05) is 12.1 Å². The molecule has 1 heterocycles. The second-order valence-electron chi connectivity index (χ2n) is 2.85. The van der Waals surface area contributed by atoms with Gasteiger partial charge in [0.25, 0.3) is 0 Å². The van der Waals surface area contributed by atoms with Gasteiger partial charge in [-0.15, -0.1) is 0 Å². The Kier molecular flexibility index (Phi) is 2.14. The van der Waals surface area contributed by atoms with E-state index >= 15 is 0 Å². The zero-order valence-electron chi connectivity index (χ0n) is 7.31. The van der Waals surface area contributed by atoms with Crippen LogP contribution < -0.4 is 0 Å². The van der Waals surface area contributed by atoms with Crippen molar-refractivity contribution in [2.75, 3.05) is 0 Å². The van der Waals surface area contributed by atoms with Crippen LogP contribution in [0.3, 0.4) is 0 Å². The molecule has 70 valence electrons. The van der Waals surface area contributed by atoms with Gasteiger partial charge in [0.2, 0.25) is 0 Å². The van der Waals surface area contributed by atoms with Crippen LogP contribution in [0.15, 0.2) is 42.6 Å². The van der Waals surface area contributed by atoms with Crippen molar-refractivity contribution < 1.29 is 9.50 Å². The number of aromatic nitrogens is 1. The maximum absolute atomic E-state index is 13.3. The summed E-state index contributed by atoms with van der Waals surface area (Å²) in [4.78, 5) is 3.92. The Bertz CT molecular complexity index is 413. The van der Waals surface area contributed by atoms with E-state index in [9.17, 15) is 9.50 Å². The van der Waals surface area contributed by atoms with Crippen LogP contribution in [0.4, 0.5) is 4.39 Å². The van der Waals surface area contributed by atoms with Crippen LogP contribution in [0.25, 0.3) is 11.3 Å². The Morgan fingerprint density at radius 3 is 2.57 bits per heavy atom. The lowest BCUT2D eigenvalue weighted by molar-refractivity contribution is 0.474. The molecule has 0 saturated carbocycles. The van der Waals surface area contributed by atoms with E-state index in [1.807, 2.05) is 0 Å². The van der Waals surface area contributed by atoms with Gasteiger partial charge < -0.3 is 5.11 Å². The summed E-state index contributed by atoms with van der Waals surface area (Å²) in [6, 6.07) is 9.29. The first-order valence-electron chi connectivity index (χ1n) is 4.18. The van der Waals surface area contributed by atoms with Crippen molar-refractivity contribution >= 4 is 0 Å². The van der Waals surface area contributed by atoms with Crippen molar-refractivity contribution in [2.45, 2.75) is 0 Å². The number of pyridine rings is 1. The Labute approximate surface area is 80.7 Å². The number of halogens is 1. The smallest absolute Gasteiger partial charge is 0.141 e. The molecule has 2 aromatic rings. The second kappa shape index (κ2) is 3.46. The summed E-state index contributed by atoms with van der Waals surface area (Å²) in [5, 5.41) is 9.46. The SMILES string of the molecule is Oc1cccnc1-c1ccccc1F. The monoisotopic (exact) mass is 189 g/mol. The normalized spacial score (nSPS) is 10.1. The molecule has 1 aromatic heterocycles. The van der Waals surface area contributed by atoms with E-state index in [1.165, 1.54) is 18.3 Å². The lowest BCUT2D eigenvalue weighted by Crippen LogP contribution is -1.87. The highest BCUT2D eigenvalue weighted by molar-refractivity contribution is 5.65. The summed E-state index contributed by atoms with van der Waals surface area (Å²) in [5.41, 5.74) is 0.580. The number of nitrogens with zero attached hydrogens (tertiary/aromatic N) is 1. The third-order valence-electron chi connectivity index (χ3n) is 1.92. The molecule has 2 rings (SSSR count). The Balaban J connectivity index is 2.61. The summed E-state index contributed by atoms with van der Waals surface area (Å²) in [6.45, 7) is 0. The predicted molar refractivity (Wildman–Crippen MR) is 51.3 cm³/mol. The van der Waals surface area contributed by atoms with Crippen LogP contribution in [0.5, 0.6) is 5.75 Å². The lowest BCUT2D eigenvalue weighted by atomic mass is 10.1. The molecule has 1 aromatic carbocycles. The van der Waals surface area contributed by atoms with Crippen LogP contribution in [0, 0.1) is 5.82 Å². The second-order valence-corrected chi connectivity index (χ2v) is 2.85.